The molecule has 0 aromatic rings. The van der Waals surface area contributed by atoms with Crippen molar-refractivity contribution in [3.63, 3.8) is 0 Å². The summed E-state index contributed by atoms with van der Waals surface area (Å²) in [4.78, 5) is 23.2. The zero-order valence-corrected chi connectivity index (χ0v) is 11.3. The number of amides is 1. The Bertz CT molecular complexity index is 370. The Balaban J connectivity index is 1.47. The summed E-state index contributed by atoms with van der Waals surface area (Å²) in [5.74, 6) is 0.890. The van der Waals surface area contributed by atoms with Gasteiger partial charge in [0.25, 0.3) is 0 Å². The van der Waals surface area contributed by atoms with Crippen LogP contribution in [0, 0.1) is 29.6 Å². The fourth-order valence-electron chi connectivity index (χ4n) is 4.34. The van der Waals surface area contributed by atoms with Crippen molar-refractivity contribution < 1.29 is 14.7 Å². The first kappa shape index (κ1) is 12.9. The SMILES string of the molecule is O=C(O)C1CCCC1CNC(=O)C1C2CCCCC21. The maximum Gasteiger partial charge on any atom is 0.306 e. The van der Waals surface area contributed by atoms with Crippen LogP contribution in [-0.4, -0.2) is 23.5 Å². The van der Waals surface area contributed by atoms with Gasteiger partial charge in [0.2, 0.25) is 5.91 Å². The molecule has 2 N–H and O–H groups in total. The summed E-state index contributed by atoms with van der Waals surface area (Å²) in [5.41, 5.74) is 0. The van der Waals surface area contributed by atoms with E-state index in [0.29, 0.717) is 18.4 Å². The monoisotopic (exact) mass is 265 g/mol. The minimum absolute atomic E-state index is 0.141. The van der Waals surface area contributed by atoms with Crippen LogP contribution >= 0.6 is 0 Å². The average Bonchev–Trinajstić information content (AvgIpc) is 2.93. The lowest BCUT2D eigenvalue weighted by Gasteiger charge is -2.16. The Morgan fingerprint density at radius 2 is 1.68 bits per heavy atom. The molecule has 0 aromatic heterocycles. The minimum atomic E-state index is -0.697. The van der Waals surface area contributed by atoms with Gasteiger partial charge in [-0.3, -0.25) is 9.59 Å². The maximum atomic E-state index is 12.1. The van der Waals surface area contributed by atoms with Crippen LogP contribution in [0.15, 0.2) is 0 Å². The number of nitrogens with one attached hydrogen (secondary N) is 1. The maximum absolute atomic E-state index is 12.1. The molecule has 0 saturated heterocycles. The van der Waals surface area contributed by atoms with Gasteiger partial charge in [-0.2, -0.15) is 0 Å². The van der Waals surface area contributed by atoms with Gasteiger partial charge in [0.15, 0.2) is 0 Å². The fraction of sp³-hybridized carbons (Fsp3) is 0.867. The lowest BCUT2D eigenvalue weighted by molar-refractivity contribution is -0.143. The third kappa shape index (κ3) is 2.49. The van der Waals surface area contributed by atoms with Gasteiger partial charge >= 0.3 is 5.97 Å². The summed E-state index contributed by atoms with van der Waals surface area (Å²) in [7, 11) is 0. The second-order valence-corrected chi connectivity index (χ2v) is 6.52. The first-order chi connectivity index (χ1) is 9.18. The van der Waals surface area contributed by atoms with Crippen LogP contribution in [0.1, 0.15) is 44.9 Å². The van der Waals surface area contributed by atoms with Crippen LogP contribution in [0.3, 0.4) is 0 Å². The second-order valence-electron chi connectivity index (χ2n) is 6.52. The molecule has 19 heavy (non-hydrogen) atoms. The highest BCUT2D eigenvalue weighted by Gasteiger charge is 2.54. The molecule has 0 heterocycles. The zero-order valence-electron chi connectivity index (χ0n) is 11.3. The van der Waals surface area contributed by atoms with Crippen LogP contribution < -0.4 is 5.32 Å². The molecule has 1 amide bonds. The van der Waals surface area contributed by atoms with Gasteiger partial charge in [0.05, 0.1) is 5.92 Å². The highest BCUT2D eigenvalue weighted by molar-refractivity contribution is 5.82. The van der Waals surface area contributed by atoms with Crippen molar-refractivity contribution >= 4 is 11.9 Å². The standard InChI is InChI=1S/C15H23NO3/c17-14(13-11-5-1-2-6-12(11)13)16-8-9-4-3-7-10(9)15(18)19/h9-13H,1-8H2,(H,16,17)(H,18,19). The van der Waals surface area contributed by atoms with Gasteiger partial charge in [-0.25, -0.2) is 0 Å². The minimum Gasteiger partial charge on any atom is -0.481 e. The number of rotatable bonds is 4. The van der Waals surface area contributed by atoms with E-state index in [1.807, 2.05) is 0 Å². The van der Waals surface area contributed by atoms with Gasteiger partial charge in [0, 0.05) is 12.5 Å². The molecule has 106 valence electrons. The molecule has 4 atom stereocenters. The van der Waals surface area contributed by atoms with Gasteiger partial charge < -0.3 is 10.4 Å². The predicted octanol–water partition coefficient (Wildman–Crippen LogP) is 2.04. The van der Waals surface area contributed by atoms with Crippen LogP contribution in [0.5, 0.6) is 0 Å². The molecule has 0 aliphatic heterocycles. The second kappa shape index (κ2) is 5.14. The van der Waals surface area contributed by atoms with E-state index in [9.17, 15) is 9.59 Å². The molecule has 4 unspecified atom stereocenters. The summed E-state index contributed by atoms with van der Waals surface area (Å²) >= 11 is 0. The van der Waals surface area contributed by atoms with E-state index in [1.54, 1.807) is 0 Å². The van der Waals surface area contributed by atoms with Crippen molar-refractivity contribution in [2.24, 2.45) is 29.6 Å². The van der Waals surface area contributed by atoms with E-state index < -0.39 is 5.97 Å². The normalized spacial score (nSPS) is 40.5. The Kier molecular flexibility index (Phi) is 3.50. The molecular formula is C15H23NO3. The topological polar surface area (TPSA) is 66.4 Å². The van der Waals surface area contributed by atoms with E-state index in [4.69, 9.17) is 5.11 Å². The third-order valence-corrected chi connectivity index (χ3v) is 5.47. The predicted molar refractivity (Wildman–Crippen MR) is 70.4 cm³/mol. The first-order valence-electron chi connectivity index (χ1n) is 7.69. The summed E-state index contributed by atoms with van der Waals surface area (Å²) in [5, 5.41) is 12.2. The Morgan fingerprint density at radius 1 is 1.00 bits per heavy atom. The van der Waals surface area contributed by atoms with E-state index in [0.717, 1.165) is 19.3 Å². The number of carbonyl (C=O) groups excluding carboxylic acids is 1. The summed E-state index contributed by atoms with van der Waals surface area (Å²) < 4.78 is 0. The quantitative estimate of drug-likeness (QED) is 0.817. The van der Waals surface area contributed by atoms with Crippen molar-refractivity contribution in [3.05, 3.63) is 0 Å². The Hall–Kier alpha value is -1.06. The number of carbonyl (C=O) groups is 2. The van der Waals surface area contributed by atoms with Crippen LogP contribution in [0.4, 0.5) is 0 Å². The highest BCUT2D eigenvalue weighted by Crippen LogP contribution is 2.55. The number of hydrogen-bond acceptors (Lipinski definition) is 2. The lowest BCUT2D eigenvalue weighted by atomic mass is 9.96. The molecule has 4 heteroatoms. The summed E-state index contributed by atoms with van der Waals surface area (Å²) in [6.07, 6.45) is 7.66. The molecule has 3 saturated carbocycles. The van der Waals surface area contributed by atoms with Crippen LogP contribution in [0.25, 0.3) is 0 Å². The molecule has 3 aliphatic carbocycles. The highest BCUT2D eigenvalue weighted by atomic mass is 16.4. The number of hydrogen-bond donors (Lipinski definition) is 2. The average molecular weight is 265 g/mol. The molecular weight excluding hydrogens is 242 g/mol. The number of fused-ring (bicyclic) bond motifs is 1. The molecule has 3 rings (SSSR count). The van der Waals surface area contributed by atoms with E-state index in [2.05, 4.69) is 5.32 Å². The number of aliphatic carboxylic acids is 1. The summed E-state index contributed by atoms with van der Waals surface area (Å²) in [6.45, 7) is 0.561. The van der Waals surface area contributed by atoms with Crippen molar-refractivity contribution in [1.82, 2.24) is 5.32 Å². The third-order valence-electron chi connectivity index (χ3n) is 5.47. The fourth-order valence-corrected chi connectivity index (χ4v) is 4.34. The van der Waals surface area contributed by atoms with Crippen LogP contribution in [0.2, 0.25) is 0 Å². The lowest BCUT2D eigenvalue weighted by Crippen LogP contribution is -2.34. The zero-order chi connectivity index (χ0) is 13.4. The number of carboxylic acids is 1. The molecule has 4 nitrogen and oxygen atoms in total. The van der Waals surface area contributed by atoms with Gasteiger partial charge in [0.1, 0.15) is 0 Å². The van der Waals surface area contributed by atoms with Crippen LogP contribution in [-0.2, 0) is 9.59 Å². The largest absolute Gasteiger partial charge is 0.481 e. The van der Waals surface area contributed by atoms with Crippen molar-refractivity contribution in [3.8, 4) is 0 Å². The molecule has 0 bridgehead atoms. The Morgan fingerprint density at radius 3 is 2.32 bits per heavy atom. The van der Waals surface area contributed by atoms with E-state index in [1.165, 1.54) is 25.7 Å². The van der Waals surface area contributed by atoms with E-state index in [-0.39, 0.29) is 23.7 Å². The van der Waals surface area contributed by atoms with Crippen molar-refractivity contribution in [2.45, 2.75) is 44.9 Å². The molecule has 0 radical (unpaired) electrons. The smallest absolute Gasteiger partial charge is 0.306 e. The Labute approximate surface area is 113 Å². The van der Waals surface area contributed by atoms with Gasteiger partial charge in [-0.1, -0.05) is 19.3 Å². The van der Waals surface area contributed by atoms with Crippen molar-refractivity contribution in [2.75, 3.05) is 6.54 Å². The molecule has 0 spiro atoms. The van der Waals surface area contributed by atoms with Gasteiger partial charge in [-0.15, -0.1) is 0 Å². The summed E-state index contributed by atoms with van der Waals surface area (Å²) in [6, 6.07) is 0. The molecule has 3 aliphatic rings. The van der Waals surface area contributed by atoms with Crippen molar-refractivity contribution in [1.29, 1.82) is 0 Å². The molecule has 0 aromatic carbocycles. The number of carboxylic acid groups (broad SMARTS) is 1. The van der Waals surface area contributed by atoms with E-state index >= 15 is 0 Å². The molecule has 3 fully saturated rings. The first-order valence-corrected chi connectivity index (χ1v) is 7.69. The van der Waals surface area contributed by atoms with Gasteiger partial charge in [-0.05, 0) is 43.4 Å².